The summed E-state index contributed by atoms with van der Waals surface area (Å²) < 4.78 is 19.0. The average molecular weight is 465 g/mol. The van der Waals surface area contributed by atoms with Gasteiger partial charge in [0.1, 0.15) is 11.6 Å². The molecule has 0 saturated carbocycles. The van der Waals surface area contributed by atoms with Gasteiger partial charge in [-0.05, 0) is 54.4 Å². The monoisotopic (exact) mass is 464 g/mol. The fourth-order valence-corrected chi connectivity index (χ4v) is 3.62. The zero-order valence-corrected chi connectivity index (χ0v) is 18.6. The molecule has 1 heterocycles. The van der Waals surface area contributed by atoms with Crippen molar-refractivity contribution in [3.8, 4) is 5.75 Å². The molecule has 0 radical (unpaired) electrons. The van der Waals surface area contributed by atoms with Crippen LogP contribution in [0.4, 0.5) is 10.1 Å². The molecule has 4 aromatic rings. The molecule has 6 nitrogen and oxygen atoms in total. The molecule has 0 fully saturated rings. The summed E-state index contributed by atoms with van der Waals surface area (Å²) in [5, 5.41) is 7.42. The van der Waals surface area contributed by atoms with Crippen molar-refractivity contribution < 1.29 is 13.9 Å². The lowest BCUT2D eigenvalue weighted by Crippen LogP contribution is -2.36. The zero-order valence-electron chi connectivity index (χ0n) is 17.9. The zero-order chi connectivity index (χ0) is 23.2. The third kappa shape index (κ3) is 5.51. The molecule has 0 atom stereocenters. The van der Waals surface area contributed by atoms with E-state index in [0.717, 1.165) is 16.5 Å². The number of anilines is 1. The number of hydrogen-bond acceptors (Lipinski definition) is 3. The summed E-state index contributed by atoms with van der Waals surface area (Å²) in [6.45, 7) is 0.399. The number of aromatic amines is 1. The van der Waals surface area contributed by atoms with Crippen LogP contribution in [0.3, 0.4) is 0 Å². The van der Waals surface area contributed by atoms with Crippen LogP contribution in [0.15, 0.2) is 77.9 Å². The van der Waals surface area contributed by atoms with Crippen molar-refractivity contribution >= 4 is 40.1 Å². The van der Waals surface area contributed by atoms with E-state index in [9.17, 15) is 9.18 Å². The van der Waals surface area contributed by atoms with Crippen LogP contribution in [-0.4, -0.2) is 30.5 Å². The Morgan fingerprint density at radius 1 is 1.12 bits per heavy atom. The van der Waals surface area contributed by atoms with E-state index in [1.165, 1.54) is 31.4 Å². The van der Waals surface area contributed by atoms with Crippen LogP contribution in [0.2, 0.25) is 5.02 Å². The summed E-state index contributed by atoms with van der Waals surface area (Å²) in [7, 11) is 1.54. The number of ether oxygens (including phenoxy) is 1. The third-order valence-electron chi connectivity index (χ3n) is 5.06. The number of rotatable bonds is 6. The Labute approximate surface area is 195 Å². The molecule has 0 aliphatic heterocycles. The number of methoxy groups -OCH3 is 1. The Balaban J connectivity index is 1.57. The van der Waals surface area contributed by atoms with Crippen LogP contribution in [0, 0.1) is 5.82 Å². The summed E-state index contributed by atoms with van der Waals surface area (Å²) in [4.78, 5) is 20.5. The van der Waals surface area contributed by atoms with Gasteiger partial charge < -0.3 is 15.0 Å². The number of aliphatic imine (C=N–C) groups is 1. The molecular weight excluding hydrogens is 443 g/mol. The maximum absolute atomic E-state index is 13.6. The van der Waals surface area contributed by atoms with Gasteiger partial charge in [0.15, 0.2) is 0 Å². The predicted molar refractivity (Wildman–Crippen MR) is 130 cm³/mol. The fraction of sp³-hybridized carbons (Fsp3) is 0.120. The minimum atomic E-state index is -0.495. The van der Waals surface area contributed by atoms with Gasteiger partial charge in [-0.15, -0.1) is 0 Å². The molecule has 0 aliphatic carbocycles. The average Bonchev–Trinajstić information content (AvgIpc) is 3.22. The highest BCUT2D eigenvalue weighted by Gasteiger charge is 2.13. The summed E-state index contributed by atoms with van der Waals surface area (Å²) in [5.74, 6) is -0.257. The van der Waals surface area contributed by atoms with Crippen molar-refractivity contribution in [2.24, 2.45) is 4.99 Å². The number of amides is 1. The van der Waals surface area contributed by atoms with Crippen LogP contribution in [0.25, 0.3) is 10.9 Å². The Kier molecular flexibility index (Phi) is 6.90. The fourth-order valence-electron chi connectivity index (χ4n) is 3.45. The number of H-pyrrole nitrogens is 1. The van der Waals surface area contributed by atoms with E-state index in [0.29, 0.717) is 29.4 Å². The van der Waals surface area contributed by atoms with Gasteiger partial charge in [0.25, 0.3) is 5.91 Å². The van der Waals surface area contributed by atoms with Gasteiger partial charge in [-0.1, -0.05) is 35.9 Å². The van der Waals surface area contributed by atoms with Gasteiger partial charge in [-0.2, -0.15) is 0 Å². The Bertz CT molecular complexity index is 1320. The third-order valence-corrected chi connectivity index (χ3v) is 5.29. The van der Waals surface area contributed by atoms with Crippen LogP contribution >= 0.6 is 11.6 Å². The number of nitrogens with zero attached hydrogens (tertiary/aromatic N) is 1. The lowest BCUT2D eigenvalue weighted by molar-refractivity contribution is 0.0976. The Hall–Kier alpha value is -3.84. The van der Waals surface area contributed by atoms with Gasteiger partial charge in [-0.25, -0.2) is 4.39 Å². The molecule has 0 aliphatic rings. The number of halogens is 2. The van der Waals surface area contributed by atoms with Gasteiger partial charge in [0, 0.05) is 34.2 Å². The maximum atomic E-state index is 13.6. The highest BCUT2D eigenvalue weighted by Crippen LogP contribution is 2.27. The topological polar surface area (TPSA) is 78.5 Å². The van der Waals surface area contributed by atoms with Gasteiger partial charge >= 0.3 is 0 Å². The first-order valence-corrected chi connectivity index (χ1v) is 10.7. The first-order valence-electron chi connectivity index (χ1n) is 10.3. The summed E-state index contributed by atoms with van der Waals surface area (Å²) >= 11 is 6.14. The summed E-state index contributed by atoms with van der Waals surface area (Å²) in [6.07, 6.45) is 2.61. The highest BCUT2D eigenvalue weighted by atomic mass is 35.5. The number of aromatic nitrogens is 1. The van der Waals surface area contributed by atoms with Crippen molar-refractivity contribution in [2.75, 3.05) is 19.0 Å². The first kappa shape index (κ1) is 22.4. The SMILES string of the molecule is COc1ccc(Cl)cc1NC(=NCCc1c[nH]c2ccccc12)NC(=O)c1cccc(F)c1. The lowest BCUT2D eigenvalue weighted by atomic mass is 10.1. The molecule has 0 spiro atoms. The smallest absolute Gasteiger partial charge is 0.258 e. The molecule has 3 N–H and O–H groups in total. The van der Waals surface area contributed by atoms with E-state index in [1.54, 1.807) is 18.2 Å². The standard InChI is InChI=1S/C25H22ClFN4O2/c1-33-23-10-9-18(26)14-22(23)30-25(31-24(32)16-5-4-6-19(27)13-16)28-12-11-17-15-29-21-8-3-2-7-20(17)21/h2-10,13-15,29H,11-12H2,1H3,(H2,28,30,31,32). The van der Waals surface area contributed by atoms with Crippen molar-refractivity contribution in [3.63, 3.8) is 0 Å². The second kappa shape index (κ2) is 10.2. The van der Waals surface area contributed by atoms with E-state index < -0.39 is 11.7 Å². The van der Waals surface area contributed by atoms with E-state index in [1.807, 2.05) is 30.5 Å². The summed E-state index contributed by atoms with van der Waals surface area (Å²) in [5.41, 5.74) is 2.89. The van der Waals surface area contributed by atoms with E-state index in [2.05, 4.69) is 20.6 Å². The second-order valence-corrected chi connectivity index (χ2v) is 7.71. The Morgan fingerprint density at radius 2 is 1.97 bits per heavy atom. The largest absolute Gasteiger partial charge is 0.495 e. The minimum Gasteiger partial charge on any atom is -0.495 e. The molecule has 4 rings (SSSR count). The van der Waals surface area contributed by atoms with Crippen molar-refractivity contribution in [1.29, 1.82) is 0 Å². The van der Waals surface area contributed by atoms with E-state index in [-0.39, 0.29) is 11.5 Å². The number of fused-ring (bicyclic) bond motifs is 1. The molecule has 33 heavy (non-hydrogen) atoms. The quantitative estimate of drug-likeness (QED) is 0.264. The molecule has 0 bridgehead atoms. The van der Waals surface area contributed by atoms with Crippen molar-refractivity contribution in [1.82, 2.24) is 10.3 Å². The first-order chi connectivity index (χ1) is 16.0. The molecule has 168 valence electrons. The van der Waals surface area contributed by atoms with Gasteiger partial charge in [-0.3, -0.25) is 15.1 Å². The van der Waals surface area contributed by atoms with Crippen LogP contribution in [0.1, 0.15) is 15.9 Å². The van der Waals surface area contributed by atoms with Gasteiger partial charge in [0.05, 0.1) is 12.8 Å². The summed E-state index contributed by atoms with van der Waals surface area (Å²) in [6, 6.07) is 18.6. The number of carbonyl (C=O) groups excluding carboxylic acids is 1. The lowest BCUT2D eigenvalue weighted by Gasteiger charge is -2.15. The highest BCUT2D eigenvalue weighted by molar-refractivity contribution is 6.31. The molecule has 0 saturated heterocycles. The molecular formula is C25H22ClFN4O2. The van der Waals surface area contributed by atoms with E-state index >= 15 is 0 Å². The Morgan fingerprint density at radius 3 is 2.79 bits per heavy atom. The van der Waals surface area contributed by atoms with Crippen molar-refractivity contribution in [3.05, 3.63) is 94.9 Å². The number of para-hydroxylation sites is 1. The minimum absolute atomic E-state index is 0.180. The number of carbonyl (C=O) groups is 1. The molecule has 0 unspecified atom stereocenters. The predicted octanol–water partition coefficient (Wildman–Crippen LogP) is 5.41. The number of guanidine groups is 1. The molecule has 8 heteroatoms. The van der Waals surface area contributed by atoms with Crippen molar-refractivity contribution in [2.45, 2.75) is 6.42 Å². The second-order valence-electron chi connectivity index (χ2n) is 7.27. The van der Waals surface area contributed by atoms with Crippen LogP contribution in [-0.2, 0) is 6.42 Å². The number of nitrogens with one attached hydrogen (secondary N) is 3. The normalized spacial score (nSPS) is 11.4. The van der Waals surface area contributed by atoms with Crippen LogP contribution < -0.4 is 15.4 Å². The molecule has 3 aromatic carbocycles. The molecule has 1 amide bonds. The van der Waals surface area contributed by atoms with Crippen LogP contribution in [0.5, 0.6) is 5.75 Å². The number of benzene rings is 3. The van der Waals surface area contributed by atoms with E-state index in [4.69, 9.17) is 16.3 Å². The maximum Gasteiger partial charge on any atom is 0.258 e. The number of hydrogen-bond donors (Lipinski definition) is 3. The van der Waals surface area contributed by atoms with Gasteiger partial charge in [0.2, 0.25) is 5.96 Å². The molecule has 1 aromatic heterocycles.